The van der Waals surface area contributed by atoms with Crippen LogP contribution in [0.2, 0.25) is 0 Å². The topological polar surface area (TPSA) is 112 Å². The number of anilines is 1. The third-order valence-electron chi connectivity index (χ3n) is 3.46. The zero-order valence-corrected chi connectivity index (χ0v) is 14.0. The second kappa shape index (κ2) is 7.47. The van der Waals surface area contributed by atoms with E-state index in [1.165, 1.54) is 4.80 Å². The Hall–Kier alpha value is -3.68. The van der Waals surface area contributed by atoms with Gasteiger partial charge >= 0.3 is 0 Å². The Kier molecular flexibility index (Phi) is 4.93. The first-order valence-corrected chi connectivity index (χ1v) is 7.85. The van der Waals surface area contributed by atoms with Crippen LogP contribution in [0.5, 0.6) is 5.75 Å². The number of nitrogens with two attached hydrogens (primary N) is 1. The van der Waals surface area contributed by atoms with Gasteiger partial charge in [0.15, 0.2) is 12.3 Å². The number of hydrogen-bond donors (Lipinski definition) is 2. The Morgan fingerprint density at radius 1 is 1.12 bits per heavy atom. The predicted molar refractivity (Wildman–Crippen MR) is 95.2 cm³/mol. The Balaban J connectivity index is 1.75. The van der Waals surface area contributed by atoms with E-state index in [2.05, 4.69) is 15.5 Å². The third kappa shape index (κ3) is 4.04. The molecular formula is C18H17N5O3. The number of amides is 2. The number of primary amides is 1. The van der Waals surface area contributed by atoms with Crippen LogP contribution in [-0.4, -0.2) is 33.4 Å². The summed E-state index contributed by atoms with van der Waals surface area (Å²) in [4.78, 5) is 24.7. The van der Waals surface area contributed by atoms with E-state index >= 15 is 0 Å². The highest BCUT2D eigenvalue weighted by atomic mass is 16.5. The fourth-order valence-corrected chi connectivity index (χ4v) is 2.27. The number of aryl methyl sites for hydroxylation is 1. The molecule has 3 rings (SSSR count). The highest BCUT2D eigenvalue weighted by Crippen LogP contribution is 2.18. The first kappa shape index (κ1) is 17.2. The number of nitrogens with zero attached hydrogens (tertiary/aromatic N) is 3. The smallest absolute Gasteiger partial charge is 0.278 e. The van der Waals surface area contributed by atoms with Crippen LogP contribution >= 0.6 is 0 Å². The highest BCUT2D eigenvalue weighted by Gasteiger charge is 2.16. The Morgan fingerprint density at radius 3 is 2.62 bits per heavy atom. The van der Waals surface area contributed by atoms with Crippen LogP contribution in [0, 0.1) is 6.92 Å². The summed E-state index contributed by atoms with van der Waals surface area (Å²) in [5.41, 5.74) is 7.04. The van der Waals surface area contributed by atoms with Crippen molar-refractivity contribution in [2.75, 3.05) is 11.9 Å². The Morgan fingerprint density at radius 2 is 1.88 bits per heavy atom. The second-order valence-corrected chi connectivity index (χ2v) is 5.50. The van der Waals surface area contributed by atoms with E-state index in [0.717, 1.165) is 5.69 Å². The van der Waals surface area contributed by atoms with Gasteiger partial charge in [-0.2, -0.15) is 9.90 Å². The van der Waals surface area contributed by atoms with Gasteiger partial charge in [-0.05, 0) is 31.2 Å². The molecular weight excluding hydrogens is 334 g/mol. The van der Waals surface area contributed by atoms with Crippen molar-refractivity contribution < 1.29 is 14.3 Å². The van der Waals surface area contributed by atoms with Gasteiger partial charge in [0.25, 0.3) is 11.8 Å². The zero-order valence-electron chi connectivity index (χ0n) is 14.0. The molecule has 3 N–H and O–H groups in total. The molecule has 3 aromatic rings. The van der Waals surface area contributed by atoms with Gasteiger partial charge in [0.05, 0.1) is 11.4 Å². The molecule has 0 radical (unpaired) electrons. The molecule has 0 bridgehead atoms. The van der Waals surface area contributed by atoms with E-state index in [4.69, 9.17) is 10.5 Å². The maximum atomic E-state index is 12.5. The van der Waals surface area contributed by atoms with E-state index in [1.54, 1.807) is 31.2 Å². The molecule has 0 saturated heterocycles. The summed E-state index contributed by atoms with van der Waals surface area (Å²) in [6.45, 7) is 1.48. The fourth-order valence-electron chi connectivity index (χ4n) is 2.27. The minimum atomic E-state index is -0.576. The molecule has 132 valence electrons. The standard InChI is InChI=1S/C18H17N5O3/c1-12-17(22-23(21-12)14-7-3-2-4-8-14)18(25)20-13-6-5-9-15(10-13)26-11-16(19)24/h2-10H,11H2,1H3,(H2,19,24)(H,20,25). The summed E-state index contributed by atoms with van der Waals surface area (Å²) in [7, 11) is 0. The average molecular weight is 351 g/mol. The molecule has 0 atom stereocenters. The molecule has 0 aliphatic carbocycles. The van der Waals surface area contributed by atoms with Crippen molar-refractivity contribution in [1.29, 1.82) is 0 Å². The molecule has 26 heavy (non-hydrogen) atoms. The molecule has 0 saturated carbocycles. The van der Waals surface area contributed by atoms with Crippen LogP contribution in [0.25, 0.3) is 5.69 Å². The fraction of sp³-hybridized carbons (Fsp3) is 0.111. The van der Waals surface area contributed by atoms with E-state index in [0.29, 0.717) is 17.1 Å². The van der Waals surface area contributed by atoms with Gasteiger partial charge < -0.3 is 15.8 Å². The van der Waals surface area contributed by atoms with Crippen LogP contribution in [0.4, 0.5) is 5.69 Å². The summed E-state index contributed by atoms with van der Waals surface area (Å²) in [6, 6.07) is 16.0. The van der Waals surface area contributed by atoms with E-state index in [9.17, 15) is 9.59 Å². The lowest BCUT2D eigenvalue weighted by Gasteiger charge is -2.07. The number of rotatable bonds is 6. The summed E-state index contributed by atoms with van der Waals surface area (Å²) < 4.78 is 5.22. The second-order valence-electron chi connectivity index (χ2n) is 5.50. The van der Waals surface area contributed by atoms with E-state index < -0.39 is 11.8 Å². The zero-order chi connectivity index (χ0) is 18.5. The average Bonchev–Trinajstić information content (AvgIpc) is 3.03. The van der Waals surface area contributed by atoms with Crippen molar-refractivity contribution in [3.05, 3.63) is 66.0 Å². The van der Waals surface area contributed by atoms with Gasteiger partial charge in [-0.3, -0.25) is 9.59 Å². The molecule has 1 heterocycles. The van der Waals surface area contributed by atoms with Crippen LogP contribution in [0.1, 0.15) is 16.2 Å². The monoisotopic (exact) mass is 351 g/mol. The number of hydrogen-bond acceptors (Lipinski definition) is 5. The largest absolute Gasteiger partial charge is 0.484 e. The lowest BCUT2D eigenvalue weighted by Crippen LogP contribution is -2.20. The van der Waals surface area contributed by atoms with Crippen molar-refractivity contribution in [2.45, 2.75) is 6.92 Å². The van der Waals surface area contributed by atoms with Crippen molar-refractivity contribution in [3.8, 4) is 11.4 Å². The lowest BCUT2D eigenvalue weighted by atomic mass is 10.2. The first-order chi connectivity index (χ1) is 12.5. The van der Waals surface area contributed by atoms with Crippen LogP contribution < -0.4 is 15.8 Å². The van der Waals surface area contributed by atoms with Crippen molar-refractivity contribution in [1.82, 2.24) is 15.0 Å². The molecule has 8 nitrogen and oxygen atoms in total. The number of benzene rings is 2. The van der Waals surface area contributed by atoms with Crippen molar-refractivity contribution >= 4 is 17.5 Å². The summed E-state index contributed by atoms with van der Waals surface area (Å²) in [6.07, 6.45) is 0. The van der Waals surface area contributed by atoms with Gasteiger partial charge in [0.1, 0.15) is 5.75 Å². The molecule has 0 aliphatic heterocycles. The maximum Gasteiger partial charge on any atom is 0.278 e. The number of ether oxygens (including phenoxy) is 1. The molecule has 2 amide bonds. The minimum absolute atomic E-state index is 0.220. The summed E-state index contributed by atoms with van der Waals surface area (Å²) in [5.74, 6) is -0.546. The minimum Gasteiger partial charge on any atom is -0.484 e. The summed E-state index contributed by atoms with van der Waals surface area (Å²) >= 11 is 0. The van der Waals surface area contributed by atoms with Crippen LogP contribution in [-0.2, 0) is 4.79 Å². The molecule has 0 fully saturated rings. The van der Waals surface area contributed by atoms with E-state index in [-0.39, 0.29) is 12.3 Å². The number of carbonyl (C=O) groups excluding carboxylic acids is 2. The molecule has 0 aliphatic rings. The molecule has 2 aromatic carbocycles. The van der Waals surface area contributed by atoms with E-state index in [1.807, 2.05) is 30.3 Å². The summed E-state index contributed by atoms with van der Waals surface area (Å²) in [5, 5.41) is 11.3. The Bertz CT molecular complexity index is 937. The molecule has 0 spiro atoms. The maximum absolute atomic E-state index is 12.5. The lowest BCUT2D eigenvalue weighted by molar-refractivity contribution is -0.119. The van der Waals surface area contributed by atoms with Crippen LogP contribution in [0.3, 0.4) is 0 Å². The van der Waals surface area contributed by atoms with Gasteiger partial charge in [-0.25, -0.2) is 0 Å². The molecule has 8 heteroatoms. The number of nitrogens with one attached hydrogen (secondary N) is 1. The van der Waals surface area contributed by atoms with Gasteiger partial charge in [0.2, 0.25) is 0 Å². The number of carbonyl (C=O) groups is 2. The van der Waals surface area contributed by atoms with Crippen LogP contribution in [0.15, 0.2) is 54.6 Å². The third-order valence-corrected chi connectivity index (χ3v) is 3.46. The first-order valence-electron chi connectivity index (χ1n) is 7.85. The van der Waals surface area contributed by atoms with Gasteiger partial charge in [-0.1, -0.05) is 24.3 Å². The van der Waals surface area contributed by atoms with Gasteiger partial charge in [-0.15, -0.1) is 5.10 Å². The number of para-hydroxylation sites is 1. The quantitative estimate of drug-likeness (QED) is 0.702. The Labute approximate surface area is 149 Å². The number of aromatic nitrogens is 3. The molecule has 0 unspecified atom stereocenters. The highest BCUT2D eigenvalue weighted by molar-refractivity contribution is 6.03. The molecule has 1 aromatic heterocycles. The predicted octanol–water partition coefficient (Wildman–Crippen LogP) is 1.69. The SMILES string of the molecule is Cc1nn(-c2ccccc2)nc1C(=O)Nc1cccc(OCC(N)=O)c1. The normalized spacial score (nSPS) is 10.3. The van der Waals surface area contributed by atoms with Gasteiger partial charge in [0, 0.05) is 11.8 Å². The van der Waals surface area contributed by atoms with Crippen molar-refractivity contribution in [2.24, 2.45) is 5.73 Å². The van der Waals surface area contributed by atoms with Crippen molar-refractivity contribution in [3.63, 3.8) is 0 Å².